The number of methoxy groups -OCH3 is 1. The van der Waals surface area contributed by atoms with Crippen LogP contribution in [0.3, 0.4) is 0 Å². The largest absolute Gasteiger partial charge is 0.385 e. The predicted molar refractivity (Wildman–Crippen MR) is 65.4 cm³/mol. The second-order valence-corrected chi connectivity index (χ2v) is 4.03. The van der Waals surface area contributed by atoms with Crippen molar-refractivity contribution in [1.82, 2.24) is 9.80 Å². The number of nitrogens with two attached hydrogens (primary N) is 1. The average Bonchev–Trinajstić information content (AvgIpc) is 2.31. The molecule has 0 aliphatic carbocycles. The second-order valence-electron chi connectivity index (χ2n) is 4.03. The van der Waals surface area contributed by atoms with Gasteiger partial charge in [0.05, 0.1) is 12.6 Å². The number of carbonyl (C=O) groups is 2. The van der Waals surface area contributed by atoms with Crippen molar-refractivity contribution in [2.24, 2.45) is 5.73 Å². The highest BCUT2D eigenvalue weighted by Crippen LogP contribution is 1.99. The quantitative estimate of drug-likeness (QED) is 0.642. The molecule has 0 radical (unpaired) electrons. The molecule has 1 unspecified atom stereocenters. The van der Waals surface area contributed by atoms with Gasteiger partial charge >= 0.3 is 0 Å². The summed E-state index contributed by atoms with van der Waals surface area (Å²) in [5.41, 5.74) is 5.74. The topological polar surface area (TPSA) is 75.9 Å². The third-order valence-electron chi connectivity index (χ3n) is 2.47. The van der Waals surface area contributed by atoms with Crippen molar-refractivity contribution in [2.75, 3.05) is 40.9 Å². The van der Waals surface area contributed by atoms with Gasteiger partial charge in [-0.2, -0.15) is 0 Å². The molecule has 0 rings (SSSR count). The number of rotatable bonds is 7. The van der Waals surface area contributed by atoms with Gasteiger partial charge in [0.15, 0.2) is 0 Å². The summed E-state index contributed by atoms with van der Waals surface area (Å²) < 4.78 is 4.87. The molecule has 6 nitrogen and oxygen atoms in total. The maximum atomic E-state index is 11.9. The Morgan fingerprint density at radius 1 is 1.35 bits per heavy atom. The van der Waals surface area contributed by atoms with E-state index in [0.29, 0.717) is 19.6 Å². The number of carbonyl (C=O) groups excluding carboxylic acids is 2. The van der Waals surface area contributed by atoms with Crippen LogP contribution in [-0.4, -0.2) is 68.6 Å². The molecular formula is C11H23N3O3. The maximum Gasteiger partial charge on any atom is 0.241 e. The predicted octanol–water partition coefficient (Wildman–Crippen LogP) is -0.713. The smallest absolute Gasteiger partial charge is 0.241 e. The molecule has 0 saturated heterocycles. The molecule has 0 spiro atoms. The molecule has 0 aromatic rings. The van der Waals surface area contributed by atoms with E-state index < -0.39 is 6.04 Å². The maximum absolute atomic E-state index is 11.9. The summed E-state index contributed by atoms with van der Waals surface area (Å²) >= 11 is 0. The normalized spacial score (nSPS) is 12.1. The van der Waals surface area contributed by atoms with Gasteiger partial charge in [0.1, 0.15) is 0 Å². The van der Waals surface area contributed by atoms with Crippen molar-refractivity contribution < 1.29 is 14.3 Å². The molecule has 0 aliphatic heterocycles. The standard InChI is InChI=1S/C11H23N3O3/c1-5-14(8-10(15)13(2)3)11(16)9(12)6-7-17-4/h9H,5-8,12H2,1-4H3. The summed E-state index contributed by atoms with van der Waals surface area (Å²) in [5, 5.41) is 0. The van der Waals surface area contributed by atoms with Crippen LogP contribution >= 0.6 is 0 Å². The minimum Gasteiger partial charge on any atom is -0.385 e. The van der Waals surface area contributed by atoms with Crippen molar-refractivity contribution in [3.05, 3.63) is 0 Å². The van der Waals surface area contributed by atoms with Crippen LogP contribution in [0.2, 0.25) is 0 Å². The van der Waals surface area contributed by atoms with Crippen molar-refractivity contribution in [3.8, 4) is 0 Å². The molecule has 6 heteroatoms. The summed E-state index contributed by atoms with van der Waals surface area (Å²) in [6.07, 6.45) is 0.460. The van der Waals surface area contributed by atoms with Crippen molar-refractivity contribution >= 4 is 11.8 Å². The Balaban J connectivity index is 4.34. The monoisotopic (exact) mass is 245 g/mol. The van der Waals surface area contributed by atoms with Crippen LogP contribution in [0.5, 0.6) is 0 Å². The fourth-order valence-corrected chi connectivity index (χ4v) is 1.25. The zero-order valence-corrected chi connectivity index (χ0v) is 11.1. The molecule has 2 N–H and O–H groups in total. The van der Waals surface area contributed by atoms with Crippen molar-refractivity contribution in [1.29, 1.82) is 0 Å². The van der Waals surface area contributed by atoms with E-state index in [2.05, 4.69) is 0 Å². The van der Waals surface area contributed by atoms with Gasteiger partial charge in [-0.25, -0.2) is 0 Å². The van der Waals surface area contributed by atoms with Crippen LogP contribution in [0, 0.1) is 0 Å². The van der Waals surface area contributed by atoms with Gasteiger partial charge in [0, 0.05) is 34.4 Å². The van der Waals surface area contributed by atoms with Gasteiger partial charge in [0.2, 0.25) is 11.8 Å². The number of hydrogen-bond donors (Lipinski definition) is 1. The molecular weight excluding hydrogens is 222 g/mol. The van der Waals surface area contributed by atoms with E-state index in [1.165, 1.54) is 9.80 Å². The lowest BCUT2D eigenvalue weighted by molar-refractivity contribution is -0.140. The van der Waals surface area contributed by atoms with Gasteiger partial charge in [-0.15, -0.1) is 0 Å². The van der Waals surface area contributed by atoms with E-state index in [1.807, 2.05) is 6.92 Å². The van der Waals surface area contributed by atoms with E-state index in [-0.39, 0.29) is 18.4 Å². The lowest BCUT2D eigenvalue weighted by atomic mass is 10.2. The number of ether oxygens (including phenoxy) is 1. The molecule has 0 heterocycles. The molecule has 0 aliphatic rings. The first-order valence-corrected chi connectivity index (χ1v) is 5.67. The first-order valence-electron chi connectivity index (χ1n) is 5.67. The minimum absolute atomic E-state index is 0.0724. The molecule has 0 aromatic heterocycles. The van der Waals surface area contributed by atoms with Gasteiger partial charge in [-0.1, -0.05) is 0 Å². The number of likely N-dealkylation sites (N-methyl/N-ethyl adjacent to an activating group) is 2. The van der Waals surface area contributed by atoms with Gasteiger partial charge in [0.25, 0.3) is 0 Å². The fourth-order valence-electron chi connectivity index (χ4n) is 1.25. The minimum atomic E-state index is -0.607. The zero-order chi connectivity index (χ0) is 13.4. The van der Waals surface area contributed by atoms with Gasteiger partial charge in [-0.05, 0) is 13.3 Å². The number of amides is 2. The molecule has 1 atom stereocenters. The van der Waals surface area contributed by atoms with Crippen LogP contribution in [0.25, 0.3) is 0 Å². The Labute approximate surface area is 103 Å². The Hall–Kier alpha value is -1.14. The fraction of sp³-hybridized carbons (Fsp3) is 0.818. The van der Waals surface area contributed by atoms with E-state index in [0.717, 1.165) is 0 Å². The van der Waals surface area contributed by atoms with E-state index in [4.69, 9.17) is 10.5 Å². The first-order chi connectivity index (χ1) is 7.93. The lowest BCUT2D eigenvalue weighted by Crippen LogP contribution is -2.47. The van der Waals surface area contributed by atoms with E-state index in [9.17, 15) is 9.59 Å². The molecule has 0 aromatic carbocycles. The number of hydrogen-bond acceptors (Lipinski definition) is 4. The summed E-state index contributed by atoms with van der Waals surface area (Å²) in [7, 11) is 4.88. The first kappa shape index (κ1) is 15.9. The Kier molecular flexibility index (Phi) is 7.49. The van der Waals surface area contributed by atoms with Crippen LogP contribution < -0.4 is 5.73 Å². The summed E-state index contributed by atoms with van der Waals surface area (Å²) in [4.78, 5) is 26.3. The molecule has 0 bridgehead atoms. The average molecular weight is 245 g/mol. The molecule has 0 saturated carbocycles. The molecule has 100 valence electrons. The van der Waals surface area contributed by atoms with Crippen LogP contribution in [-0.2, 0) is 14.3 Å². The Bertz CT molecular complexity index is 256. The summed E-state index contributed by atoms with van der Waals surface area (Å²) in [6, 6.07) is -0.607. The van der Waals surface area contributed by atoms with Gasteiger partial charge < -0.3 is 20.3 Å². The van der Waals surface area contributed by atoms with Crippen LogP contribution in [0.15, 0.2) is 0 Å². The third kappa shape index (κ3) is 5.65. The number of nitrogens with zero attached hydrogens (tertiary/aromatic N) is 2. The molecule has 17 heavy (non-hydrogen) atoms. The van der Waals surface area contributed by atoms with Gasteiger partial charge in [-0.3, -0.25) is 9.59 Å². The van der Waals surface area contributed by atoms with Crippen LogP contribution in [0.1, 0.15) is 13.3 Å². The Morgan fingerprint density at radius 3 is 2.35 bits per heavy atom. The summed E-state index contributed by atoms with van der Waals surface area (Å²) in [5.74, 6) is -0.320. The van der Waals surface area contributed by atoms with Crippen molar-refractivity contribution in [2.45, 2.75) is 19.4 Å². The lowest BCUT2D eigenvalue weighted by Gasteiger charge is -2.25. The van der Waals surface area contributed by atoms with Crippen LogP contribution in [0.4, 0.5) is 0 Å². The Morgan fingerprint density at radius 2 is 1.94 bits per heavy atom. The second kappa shape index (κ2) is 8.03. The van der Waals surface area contributed by atoms with E-state index >= 15 is 0 Å². The highest BCUT2D eigenvalue weighted by molar-refractivity contribution is 5.87. The highest BCUT2D eigenvalue weighted by atomic mass is 16.5. The zero-order valence-electron chi connectivity index (χ0n) is 11.1. The highest BCUT2D eigenvalue weighted by Gasteiger charge is 2.22. The third-order valence-corrected chi connectivity index (χ3v) is 2.47. The van der Waals surface area contributed by atoms with Crippen molar-refractivity contribution in [3.63, 3.8) is 0 Å². The molecule has 2 amide bonds. The summed E-state index contributed by atoms with van der Waals surface area (Å²) in [6.45, 7) is 2.80. The van der Waals surface area contributed by atoms with E-state index in [1.54, 1.807) is 21.2 Å². The SMILES string of the molecule is CCN(CC(=O)N(C)C)C(=O)C(N)CCOC. The molecule has 0 fully saturated rings.